The number of nitriles is 1. The minimum atomic E-state index is -4.72. The summed E-state index contributed by atoms with van der Waals surface area (Å²) in [7, 11) is 3.26. The molecule has 2 unspecified atom stereocenters. The van der Waals surface area contributed by atoms with Gasteiger partial charge < -0.3 is 19.6 Å². The fourth-order valence-corrected chi connectivity index (χ4v) is 6.10. The van der Waals surface area contributed by atoms with E-state index in [0.717, 1.165) is 37.4 Å². The number of pyridine rings is 2. The number of hydrogen-bond acceptors (Lipinski definition) is 9. The third-order valence-corrected chi connectivity index (χ3v) is 8.52. The lowest BCUT2D eigenvalue weighted by atomic mass is 9.86. The van der Waals surface area contributed by atoms with Crippen molar-refractivity contribution in [1.82, 2.24) is 19.5 Å². The molecule has 4 fully saturated rings. The van der Waals surface area contributed by atoms with E-state index >= 15 is 0 Å². The number of hydrogen-bond donors (Lipinski definition) is 1. The van der Waals surface area contributed by atoms with E-state index in [1.165, 1.54) is 15.6 Å². The maximum absolute atomic E-state index is 13.2. The molecule has 4 aliphatic heterocycles. The van der Waals surface area contributed by atoms with Crippen LogP contribution in [0.3, 0.4) is 0 Å². The lowest BCUT2D eigenvalue weighted by molar-refractivity contribution is -0.267. The first-order valence-electron chi connectivity index (χ1n) is 13.8. The first-order valence-corrected chi connectivity index (χ1v) is 13.8. The number of rotatable bonds is 7. The number of piperazine rings is 1. The van der Waals surface area contributed by atoms with Crippen LogP contribution in [0.15, 0.2) is 66.1 Å². The topological polar surface area (TPSA) is 106 Å². The van der Waals surface area contributed by atoms with Crippen LogP contribution in [0.5, 0.6) is 0 Å². The number of aromatic nitrogens is 3. The second-order valence-electron chi connectivity index (χ2n) is 11.2. The predicted octanol–water partition coefficient (Wildman–Crippen LogP) is 3.43. The Morgan fingerprint density at radius 2 is 1.98 bits per heavy atom. The van der Waals surface area contributed by atoms with Crippen molar-refractivity contribution in [3.63, 3.8) is 0 Å². The van der Waals surface area contributed by atoms with Gasteiger partial charge in [0.15, 0.2) is 5.60 Å². The number of halogens is 3. The van der Waals surface area contributed by atoms with Gasteiger partial charge in [0.05, 0.1) is 49.4 Å². The number of aliphatic hydroxyl groups is 1. The van der Waals surface area contributed by atoms with Gasteiger partial charge in [-0.3, -0.25) is 9.89 Å². The molecule has 2 bridgehead atoms. The van der Waals surface area contributed by atoms with E-state index in [2.05, 4.69) is 32.5 Å². The minimum absolute atomic E-state index is 0.342. The highest BCUT2D eigenvalue weighted by Crippen LogP contribution is 2.41. The fourth-order valence-electron chi connectivity index (χ4n) is 6.10. The molecule has 10 nitrogen and oxygen atoms in total. The molecule has 0 aromatic carbocycles. The summed E-state index contributed by atoms with van der Waals surface area (Å²) in [6.07, 6.45) is 4.87. The van der Waals surface area contributed by atoms with Crippen molar-refractivity contribution in [1.29, 1.82) is 5.26 Å². The lowest BCUT2D eigenvalue weighted by Crippen LogP contribution is -2.69. The molecule has 224 valence electrons. The summed E-state index contributed by atoms with van der Waals surface area (Å²) in [5.41, 5.74) is 0.901. The molecule has 3 aromatic heterocycles. The lowest BCUT2D eigenvalue weighted by Gasteiger charge is -2.56. The first-order chi connectivity index (χ1) is 20.5. The van der Waals surface area contributed by atoms with Crippen molar-refractivity contribution in [2.45, 2.75) is 30.3 Å². The number of anilines is 2. The highest BCUT2D eigenvalue weighted by atomic mass is 19.4. The summed E-state index contributed by atoms with van der Waals surface area (Å²) in [4.78, 5) is 14.9. The molecule has 0 saturated carbocycles. The van der Waals surface area contributed by atoms with Gasteiger partial charge in [-0.05, 0) is 30.2 Å². The van der Waals surface area contributed by atoms with E-state index in [-0.39, 0.29) is 0 Å². The Morgan fingerprint density at radius 1 is 1.23 bits per heavy atom. The molecule has 43 heavy (non-hydrogen) atoms. The van der Waals surface area contributed by atoms with Crippen LogP contribution in [0.25, 0.3) is 16.6 Å². The van der Waals surface area contributed by atoms with Gasteiger partial charge in [0.1, 0.15) is 11.9 Å². The van der Waals surface area contributed by atoms with Gasteiger partial charge in [0.2, 0.25) is 5.90 Å². The number of fused-ring (bicyclic) bond motifs is 3. The highest BCUT2D eigenvalue weighted by Gasteiger charge is 2.61. The molecule has 3 aromatic rings. The summed E-state index contributed by atoms with van der Waals surface area (Å²) in [6, 6.07) is 8.48. The zero-order valence-corrected chi connectivity index (χ0v) is 23.8. The molecule has 0 amide bonds. The molecule has 4 aliphatic rings. The Balaban J connectivity index is 1.18. The van der Waals surface area contributed by atoms with E-state index in [0.29, 0.717) is 45.9 Å². The maximum atomic E-state index is 13.2. The minimum Gasteiger partial charge on any atom is -0.481 e. The molecule has 0 radical (unpaired) electrons. The summed E-state index contributed by atoms with van der Waals surface area (Å²) in [5.74, 6) is 1.38. The van der Waals surface area contributed by atoms with Crippen LogP contribution in [0.2, 0.25) is 0 Å². The molecule has 7 rings (SSSR count). The molecule has 1 N–H and O–H groups in total. The van der Waals surface area contributed by atoms with E-state index in [1.54, 1.807) is 32.6 Å². The highest BCUT2D eigenvalue weighted by molar-refractivity contribution is 5.88. The standard InChI is InChI=1S/C30H31F3N8O2/c1-19(4-7-27(35-2)43-3)13-40-23-8-24(40)15-38(14-23)26-6-5-20(11-36-26)25-9-22(16-41-28(25)21(10-34)12-37-41)39-17-29(42,18-39)30(31,32)33/h4-7,9,11-12,16,23-24,42H,1,8,13-15,17-18H2,2-3H3/b7-4-,35-27?. The van der Waals surface area contributed by atoms with Crippen molar-refractivity contribution >= 4 is 22.9 Å². The number of piperidine rings is 1. The molecule has 2 atom stereocenters. The Morgan fingerprint density at radius 3 is 2.58 bits per heavy atom. The number of ether oxygens (including phenoxy) is 1. The zero-order valence-electron chi connectivity index (χ0n) is 23.8. The molecule has 7 heterocycles. The van der Waals surface area contributed by atoms with Crippen LogP contribution >= 0.6 is 0 Å². The van der Waals surface area contributed by atoms with Crippen molar-refractivity contribution in [3.05, 3.63) is 66.7 Å². The Kier molecular flexibility index (Phi) is 7.14. The van der Waals surface area contributed by atoms with E-state index < -0.39 is 24.9 Å². The van der Waals surface area contributed by atoms with Crippen LogP contribution < -0.4 is 9.80 Å². The van der Waals surface area contributed by atoms with Gasteiger partial charge in [-0.2, -0.15) is 23.5 Å². The third kappa shape index (κ3) is 5.10. The van der Waals surface area contributed by atoms with Gasteiger partial charge in [0, 0.05) is 62.2 Å². The number of β-amino-alcohol motifs (C(OH)–C–C–N with tert-alkyl or cyclic N) is 1. The largest absolute Gasteiger partial charge is 0.481 e. The SMILES string of the molecule is C=C(/C=C\C(=NC)OC)CN1C2CC1CN(c1ccc(-c3cc(N4CC(O)(C(F)(F)F)C4)cn4ncc(C#N)c34)cn1)C2. The van der Waals surface area contributed by atoms with Gasteiger partial charge in [-0.1, -0.05) is 12.7 Å². The van der Waals surface area contributed by atoms with Crippen LogP contribution in [-0.2, 0) is 4.74 Å². The maximum Gasteiger partial charge on any atom is 0.420 e. The van der Waals surface area contributed by atoms with Gasteiger partial charge in [0.25, 0.3) is 0 Å². The van der Waals surface area contributed by atoms with Crippen LogP contribution in [0.1, 0.15) is 12.0 Å². The van der Waals surface area contributed by atoms with Gasteiger partial charge >= 0.3 is 6.18 Å². The third-order valence-electron chi connectivity index (χ3n) is 8.52. The molecular formula is C30H31F3N8O2. The number of aliphatic imine (C=N–C) groups is 1. The summed E-state index contributed by atoms with van der Waals surface area (Å²) in [5, 5.41) is 23.9. The second kappa shape index (κ2) is 10.7. The molecule has 0 aliphatic carbocycles. The van der Waals surface area contributed by atoms with Crippen LogP contribution in [-0.4, -0.2) is 101 Å². The average molecular weight is 593 g/mol. The molecule has 13 heteroatoms. The Labute approximate surface area is 246 Å². The summed E-state index contributed by atoms with van der Waals surface area (Å²) in [6.45, 7) is 5.45. The number of alkyl halides is 3. The zero-order chi connectivity index (χ0) is 30.5. The van der Waals surface area contributed by atoms with Gasteiger partial charge in [-0.25, -0.2) is 9.50 Å². The predicted molar refractivity (Wildman–Crippen MR) is 156 cm³/mol. The van der Waals surface area contributed by atoms with Gasteiger partial charge in [-0.15, -0.1) is 0 Å². The van der Waals surface area contributed by atoms with Crippen LogP contribution in [0.4, 0.5) is 24.7 Å². The van der Waals surface area contributed by atoms with E-state index in [1.807, 2.05) is 24.3 Å². The second-order valence-corrected chi connectivity index (χ2v) is 11.2. The normalized spacial score (nSPS) is 21.9. The monoisotopic (exact) mass is 592 g/mol. The van der Waals surface area contributed by atoms with Crippen molar-refractivity contribution < 1.29 is 23.0 Å². The van der Waals surface area contributed by atoms with E-state index in [4.69, 9.17) is 9.72 Å². The fraction of sp³-hybridized carbons (Fsp3) is 0.400. The average Bonchev–Trinajstić information content (AvgIpc) is 3.41. The number of nitrogens with zero attached hydrogens (tertiary/aromatic N) is 8. The molecule has 0 spiro atoms. The van der Waals surface area contributed by atoms with E-state index in [9.17, 15) is 23.5 Å². The molecular weight excluding hydrogens is 561 g/mol. The summed E-state index contributed by atoms with van der Waals surface area (Å²) >= 11 is 0. The quantitative estimate of drug-likeness (QED) is 0.253. The first kappa shape index (κ1) is 28.7. The van der Waals surface area contributed by atoms with Crippen molar-refractivity contribution in [3.8, 4) is 17.2 Å². The van der Waals surface area contributed by atoms with Crippen molar-refractivity contribution in [2.24, 2.45) is 4.99 Å². The smallest absolute Gasteiger partial charge is 0.420 e. The Bertz CT molecular complexity index is 1640. The number of methoxy groups -OCH3 is 1. The van der Waals surface area contributed by atoms with Crippen molar-refractivity contribution in [2.75, 3.05) is 56.7 Å². The Hall–Kier alpha value is -4.41. The van der Waals surface area contributed by atoms with Crippen LogP contribution in [0, 0.1) is 11.3 Å². The molecule has 4 saturated heterocycles. The summed E-state index contributed by atoms with van der Waals surface area (Å²) < 4.78 is 46.4.